The molecule has 0 aromatic heterocycles. The molecule has 164 valence electrons. The van der Waals surface area contributed by atoms with Gasteiger partial charge in [0.2, 0.25) is 11.8 Å². The van der Waals surface area contributed by atoms with Crippen LogP contribution in [0.25, 0.3) is 0 Å². The molecule has 0 aliphatic carbocycles. The quantitative estimate of drug-likeness (QED) is 0.431. The number of carbonyl (C=O) groups excluding carboxylic acids is 3. The fourth-order valence-corrected chi connectivity index (χ4v) is 5.36. The molecule has 8 nitrogen and oxygen atoms in total. The van der Waals surface area contributed by atoms with E-state index in [1.807, 2.05) is 20.8 Å². The predicted molar refractivity (Wildman–Crippen MR) is 105 cm³/mol. The monoisotopic (exact) mass is 410 g/mol. The number of nitrogens with one attached hydrogen (secondary N) is 1. The maximum Gasteiger partial charge on any atom is 0.312 e. The summed E-state index contributed by atoms with van der Waals surface area (Å²) >= 11 is 0. The van der Waals surface area contributed by atoms with Gasteiger partial charge in [0.05, 0.1) is 37.2 Å². The molecule has 3 fully saturated rings. The van der Waals surface area contributed by atoms with Crippen LogP contribution in [0.5, 0.6) is 0 Å². The number of fused-ring (bicyclic) bond motifs is 1. The average Bonchev–Trinajstić information content (AvgIpc) is 3.30. The minimum absolute atomic E-state index is 0.0524. The Morgan fingerprint density at radius 2 is 2.10 bits per heavy atom. The van der Waals surface area contributed by atoms with E-state index in [0.717, 1.165) is 12.8 Å². The number of hydrogen-bond donors (Lipinski definition) is 2. The van der Waals surface area contributed by atoms with Gasteiger partial charge in [-0.15, -0.1) is 0 Å². The molecule has 29 heavy (non-hydrogen) atoms. The second-order valence-corrected chi connectivity index (χ2v) is 8.69. The lowest BCUT2D eigenvalue weighted by Gasteiger charge is -2.38. The fraction of sp³-hybridized carbons (Fsp3) is 0.857. The summed E-state index contributed by atoms with van der Waals surface area (Å²) in [6, 6.07) is -1.37. The molecule has 3 aliphatic rings. The van der Waals surface area contributed by atoms with Gasteiger partial charge in [0, 0.05) is 6.54 Å². The highest BCUT2D eigenvalue weighted by Crippen LogP contribution is 2.59. The molecule has 2 N–H and O–H groups in total. The topological polar surface area (TPSA) is 105 Å². The molecular formula is C21H34N2O6. The molecule has 8 heteroatoms. The summed E-state index contributed by atoms with van der Waals surface area (Å²) in [7, 11) is 0. The van der Waals surface area contributed by atoms with Crippen molar-refractivity contribution in [3.05, 3.63) is 0 Å². The number of nitrogens with zero attached hydrogens (tertiary/aromatic N) is 1. The van der Waals surface area contributed by atoms with Gasteiger partial charge in [-0.2, -0.15) is 0 Å². The van der Waals surface area contributed by atoms with Crippen LogP contribution >= 0.6 is 0 Å². The lowest BCUT2D eigenvalue weighted by molar-refractivity contribution is -0.155. The van der Waals surface area contributed by atoms with Crippen molar-refractivity contribution < 1.29 is 29.0 Å². The van der Waals surface area contributed by atoms with Crippen molar-refractivity contribution in [2.75, 3.05) is 19.8 Å². The molecule has 1 spiro atoms. The van der Waals surface area contributed by atoms with Crippen LogP contribution < -0.4 is 5.32 Å². The Hall–Kier alpha value is -1.67. The summed E-state index contributed by atoms with van der Waals surface area (Å²) in [6.45, 7) is 8.09. The summed E-state index contributed by atoms with van der Waals surface area (Å²) in [6.07, 6.45) is 2.54. The number of aliphatic hydroxyl groups excluding tert-OH is 1. The van der Waals surface area contributed by atoms with Crippen LogP contribution in [0.1, 0.15) is 53.4 Å². The highest BCUT2D eigenvalue weighted by atomic mass is 16.6. The average molecular weight is 411 g/mol. The molecular weight excluding hydrogens is 376 g/mol. The van der Waals surface area contributed by atoms with Crippen molar-refractivity contribution in [2.45, 2.75) is 77.2 Å². The number of aliphatic hydroxyl groups is 1. The Bertz CT molecular complexity index is 653. The molecule has 0 aromatic rings. The smallest absolute Gasteiger partial charge is 0.312 e. The number of rotatable bonds is 9. The van der Waals surface area contributed by atoms with Crippen LogP contribution in [0, 0.1) is 17.8 Å². The molecule has 0 radical (unpaired) electrons. The number of carbonyl (C=O) groups is 3. The molecule has 3 saturated heterocycles. The zero-order chi connectivity index (χ0) is 21.3. The Labute approximate surface area is 172 Å². The van der Waals surface area contributed by atoms with Gasteiger partial charge < -0.3 is 24.8 Å². The molecule has 0 saturated carbocycles. The van der Waals surface area contributed by atoms with Crippen LogP contribution in [-0.4, -0.2) is 71.3 Å². The lowest BCUT2D eigenvalue weighted by Crippen LogP contribution is -2.59. The van der Waals surface area contributed by atoms with E-state index in [0.29, 0.717) is 19.4 Å². The zero-order valence-electron chi connectivity index (χ0n) is 17.8. The molecule has 6 atom stereocenters. The van der Waals surface area contributed by atoms with Gasteiger partial charge in [-0.1, -0.05) is 27.2 Å². The van der Waals surface area contributed by atoms with Crippen molar-refractivity contribution in [3.8, 4) is 0 Å². The summed E-state index contributed by atoms with van der Waals surface area (Å²) < 4.78 is 11.5. The van der Waals surface area contributed by atoms with E-state index in [1.165, 1.54) is 4.90 Å². The van der Waals surface area contributed by atoms with E-state index in [-0.39, 0.29) is 30.9 Å². The maximum atomic E-state index is 13.6. The van der Waals surface area contributed by atoms with Crippen molar-refractivity contribution in [3.63, 3.8) is 0 Å². The van der Waals surface area contributed by atoms with Crippen LogP contribution in [0.3, 0.4) is 0 Å². The zero-order valence-corrected chi connectivity index (χ0v) is 17.8. The van der Waals surface area contributed by atoms with E-state index in [4.69, 9.17) is 9.47 Å². The first-order chi connectivity index (χ1) is 13.8. The van der Waals surface area contributed by atoms with Gasteiger partial charge in [0.1, 0.15) is 11.6 Å². The van der Waals surface area contributed by atoms with Crippen LogP contribution in [0.15, 0.2) is 0 Å². The highest BCUT2D eigenvalue weighted by molar-refractivity contribution is 5.98. The number of esters is 1. The molecule has 3 heterocycles. The van der Waals surface area contributed by atoms with Gasteiger partial charge in [0.15, 0.2) is 0 Å². The van der Waals surface area contributed by atoms with E-state index >= 15 is 0 Å². The van der Waals surface area contributed by atoms with Crippen molar-refractivity contribution in [1.82, 2.24) is 10.2 Å². The SMILES string of the molecule is CCCCNC(=O)C1N([C@@H](CO)C(C)C)C(=O)[C@@H]2[C@H](C(=O)OCC)[C@@H]3CCC12O3. The number of amides is 2. The van der Waals surface area contributed by atoms with Gasteiger partial charge >= 0.3 is 5.97 Å². The molecule has 0 aromatic carbocycles. The summed E-state index contributed by atoms with van der Waals surface area (Å²) in [5.41, 5.74) is -1.03. The minimum Gasteiger partial charge on any atom is -0.466 e. The third kappa shape index (κ3) is 3.44. The normalized spacial score (nSPS) is 33.9. The summed E-state index contributed by atoms with van der Waals surface area (Å²) in [5.74, 6) is -2.47. The Morgan fingerprint density at radius 3 is 2.69 bits per heavy atom. The molecule has 2 amide bonds. The molecule has 2 bridgehead atoms. The first-order valence-corrected chi connectivity index (χ1v) is 10.9. The maximum absolute atomic E-state index is 13.6. The second kappa shape index (κ2) is 8.60. The Kier molecular flexibility index (Phi) is 6.53. The van der Waals surface area contributed by atoms with Crippen molar-refractivity contribution in [2.24, 2.45) is 17.8 Å². The van der Waals surface area contributed by atoms with Gasteiger partial charge in [-0.3, -0.25) is 14.4 Å². The van der Waals surface area contributed by atoms with Crippen LogP contribution in [0.4, 0.5) is 0 Å². The molecule has 3 rings (SSSR count). The first kappa shape index (κ1) is 22.0. The lowest BCUT2D eigenvalue weighted by atomic mass is 9.71. The van der Waals surface area contributed by atoms with E-state index in [9.17, 15) is 19.5 Å². The standard InChI is InChI=1S/C21H34N2O6/c1-5-7-10-22-18(25)17-21-9-8-14(29-21)15(20(27)28-6-2)16(21)19(26)23(17)13(11-24)12(3)4/h12-17,24H,5-11H2,1-4H3,(H,22,25)/t13-,14-,15+,16-,17?,21?/m0/s1. The number of hydrogen-bond acceptors (Lipinski definition) is 6. The molecule has 2 unspecified atom stereocenters. The summed E-state index contributed by atoms with van der Waals surface area (Å²) in [5, 5.41) is 13.0. The van der Waals surface area contributed by atoms with Gasteiger partial charge in [-0.25, -0.2) is 0 Å². The van der Waals surface area contributed by atoms with Crippen molar-refractivity contribution in [1.29, 1.82) is 0 Å². The minimum atomic E-state index is -1.03. The predicted octanol–water partition coefficient (Wildman–Crippen LogP) is 0.857. The van der Waals surface area contributed by atoms with Gasteiger partial charge in [-0.05, 0) is 32.1 Å². The third-order valence-corrected chi connectivity index (χ3v) is 6.69. The van der Waals surface area contributed by atoms with E-state index in [2.05, 4.69) is 5.32 Å². The van der Waals surface area contributed by atoms with Crippen LogP contribution in [-0.2, 0) is 23.9 Å². The van der Waals surface area contributed by atoms with E-state index < -0.39 is 41.6 Å². The van der Waals surface area contributed by atoms with Gasteiger partial charge in [0.25, 0.3) is 0 Å². The fourth-order valence-electron chi connectivity index (χ4n) is 5.36. The van der Waals surface area contributed by atoms with E-state index in [1.54, 1.807) is 6.92 Å². The Balaban J connectivity index is 2.00. The number of unbranched alkanes of at least 4 members (excludes halogenated alkanes) is 1. The third-order valence-electron chi connectivity index (χ3n) is 6.69. The Morgan fingerprint density at radius 1 is 1.38 bits per heavy atom. The largest absolute Gasteiger partial charge is 0.466 e. The van der Waals surface area contributed by atoms with Crippen molar-refractivity contribution >= 4 is 17.8 Å². The summed E-state index contributed by atoms with van der Waals surface area (Å²) in [4.78, 5) is 41.0. The van der Waals surface area contributed by atoms with Crippen LogP contribution in [0.2, 0.25) is 0 Å². The second-order valence-electron chi connectivity index (χ2n) is 8.69. The first-order valence-electron chi connectivity index (χ1n) is 10.9. The molecule has 3 aliphatic heterocycles. The number of ether oxygens (including phenoxy) is 2. The number of likely N-dealkylation sites (tertiary alicyclic amines) is 1. The highest BCUT2D eigenvalue weighted by Gasteiger charge is 2.75.